The summed E-state index contributed by atoms with van der Waals surface area (Å²) in [6.07, 6.45) is 8.25. The van der Waals surface area contributed by atoms with E-state index in [0.29, 0.717) is 36.4 Å². The molecule has 1 saturated carbocycles. The highest BCUT2D eigenvalue weighted by Gasteiger charge is 2.39. The molecule has 2 saturated heterocycles. The summed E-state index contributed by atoms with van der Waals surface area (Å²) in [5.74, 6) is 8.00. The van der Waals surface area contributed by atoms with Gasteiger partial charge in [-0.3, -0.25) is 34.4 Å². The summed E-state index contributed by atoms with van der Waals surface area (Å²) in [5.41, 5.74) is 6.01. The Kier molecular flexibility index (Phi) is 8.79. The van der Waals surface area contributed by atoms with Crippen molar-refractivity contribution in [2.45, 2.75) is 63.6 Å². The zero-order chi connectivity index (χ0) is 36.1. The smallest absolute Gasteiger partial charge is 0.259 e. The lowest BCUT2D eigenvalue weighted by Crippen LogP contribution is -2.52. The van der Waals surface area contributed by atoms with Gasteiger partial charge in [0, 0.05) is 73.2 Å². The van der Waals surface area contributed by atoms with Crippen LogP contribution < -0.4 is 20.3 Å². The van der Waals surface area contributed by atoms with Gasteiger partial charge < -0.3 is 18.9 Å². The minimum absolute atomic E-state index is 0.0713. The maximum atomic E-state index is 13.2. The van der Waals surface area contributed by atoms with Crippen LogP contribution in [-0.2, 0) is 29.7 Å². The Morgan fingerprint density at radius 1 is 0.904 bits per heavy atom. The molecular weight excluding hydrogens is 658 g/mol. The van der Waals surface area contributed by atoms with Crippen LogP contribution in [0.2, 0.25) is 0 Å². The van der Waals surface area contributed by atoms with Crippen LogP contribution in [0.5, 0.6) is 11.5 Å². The first-order valence-corrected chi connectivity index (χ1v) is 18.0. The van der Waals surface area contributed by atoms with E-state index in [4.69, 9.17) is 9.47 Å². The minimum Gasteiger partial charge on any atom is -0.496 e. The van der Waals surface area contributed by atoms with Gasteiger partial charge in [0.1, 0.15) is 17.5 Å². The molecule has 0 spiro atoms. The number of likely N-dealkylation sites (tertiary alicyclic amines) is 1. The molecule has 1 N–H and O–H groups in total. The van der Waals surface area contributed by atoms with Crippen molar-refractivity contribution in [2.75, 3.05) is 27.3 Å². The molecule has 266 valence electrons. The number of benzene rings is 2. The number of fused-ring (bicyclic) bond motifs is 2. The number of piperidine rings is 2. The zero-order valence-corrected chi connectivity index (χ0v) is 29.7. The van der Waals surface area contributed by atoms with Crippen LogP contribution >= 0.6 is 0 Å². The van der Waals surface area contributed by atoms with Gasteiger partial charge in [-0.25, -0.2) is 0 Å². The first-order valence-electron chi connectivity index (χ1n) is 18.0. The van der Waals surface area contributed by atoms with E-state index in [2.05, 4.69) is 33.1 Å². The normalized spacial score (nSPS) is 19.3. The second-order valence-electron chi connectivity index (χ2n) is 14.3. The Morgan fingerprint density at radius 2 is 1.65 bits per heavy atom. The molecule has 1 unspecified atom stereocenters. The number of carbonyl (C=O) groups excluding carboxylic acids is 3. The summed E-state index contributed by atoms with van der Waals surface area (Å²) >= 11 is 0. The first kappa shape index (κ1) is 33.7. The highest BCUT2D eigenvalue weighted by molar-refractivity contribution is 6.05. The van der Waals surface area contributed by atoms with E-state index in [0.717, 1.165) is 89.2 Å². The van der Waals surface area contributed by atoms with Gasteiger partial charge in [-0.1, -0.05) is 17.9 Å². The van der Waals surface area contributed by atoms with Crippen molar-refractivity contribution in [3.05, 3.63) is 87.1 Å². The largest absolute Gasteiger partial charge is 0.496 e. The number of aryl methyl sites for hydroxylation is 1. The summed E-state index contributed by atoms with van der Waals surface area (Å²) in [5, 5.41) is 3.84. The van der Waals surface area contributed by atoms with Gasteiger partial charge in [0.05, 0.1) is 25.2 Å². The topological polar surface area (TPSA) is 123 Å². The third-order valence-electron chi connectivity index (χ3n) is 10.9. The summed E-state index contributed by atoms with van der Waals surface area (Å²) in [6, 6.07) is 11.2. The standard InChI is InChI=1S/C41H41N5O6/c1-44-22-32(30-19-34(26-8-9-26)42-20-31(30)40(44)49)28-17-36(51-2)33(37(18-28)52-3)23-45-14-12-24(13-15-45)4-5-25-6-7-27-21-46(41(50)29(27)16-25)35-10-11-38(47)43-39(35)48/h6-7,16-20,22,24,26,35H,8-15,21,23H2,1-3H3,(H,43,47,48). The second kappa shape index (κ2) is 13.6. The quantitative estimate of drug-likeness (QED) is 0.221. The SMILES string of the molecule is COc1cc(-c2cn(C)c(=O)c3cnc(C4CC4)cc23)cc(OC)c1CN1CCC(C#Cc2ccc3c(c2)C(=O)N(C2CCC(=O)NC2=O)C3)CC1. The molecule has 3 fully saturated rings. The van der Waals surface area contributed by atoms with E-state index in [1.807, 2.05) is 36.5 Å². The number of pyridine rings is 2. The molecule has 2 aromatic heterocycles. The summed E-state index contributed by atoms with van der Waals surface area (Å²) < 4.78 is 13.5. The van der Waals surface area contributed by atoms with Gasteiger partial charge in [0.2, 0.25) is 11.8 Å². The van der Waals surface area contributed by atoms with Crippen LogP contribution in [-0.4, -0.2) is 70.4 Å². The fourth-order valence-corrected chi connectivity index (χ4v) is 7.78. The van der Waals surface area contributed by atoms with Crippen LogP contribution in [0.25, 0.3) is 21.9 Å². The molecule has 11 nitrogen and oxygen atoms in total. The molecule has 0 bridgehead atoms. The summed E-state index contributed by atoms with van der Waals surface area (Å²) in [7, 11) is 5.12. The second-order valence-corrected chi connectivity index (χ2v) is 14.3. The van der Waals surface area contributed by atoms with Crippen LogP contribution in [0.1, 0.15) is 77.2 Å². The van der Waals surface area contributed by atoms with Crippen molar-refractivity contribution in [1.82, 2.24) is 24.7 Å². The monoisotopic (exact) mass is 699 g/mol. The molecule has 52 heavy (non-hydrogen) atoms. The number of aromatic nitrogens is 2. The van der Waals surface area contributed by atoms with Crippen molar-refractivity contribution in [3.8, 4) is 34.5 Å². The molecule has 3 amide bonds. The number of nitrogens with one attached hydrogen (secondary N) is 1. The summed E-state index contributed by atoms with van der Waals surface area (Å²) in [6.45, 7) is 2.74. The zero-order valence-electron chi connectivity index (χ0n) is 29.7. The number of nitrogens with zero attached hydrogens (tertiary/aromatic N) is 4. The third-order valence-corrected chi connectivity index (χ3v) is 10.9. The van der Waals surface area contributed by atoms with Crippen molar-refractivity contribution in [3.63, 3.8) is 0 Å². The molecule has 1 aliphatic carbocycles. The van der Waals surface area contributed by atoms with Crippen LogP contribution in [0.4, 0.5) is 0 Å². The highest BCUT2D eigenvalue weighted by Crippen LogP contribution is 2.42. The number of ether oxygens (including phenoxy) is 2. The third kappa shape index (κ3) is 6.32. The van der Waals surface area contributed by atoms with E-state index < -0.39 is 11.9 Å². The van der Waals surface area contributed by atoms with Gasteiger partial charge in [-0.15, -0.1) is 0 Å². The molecule has 3 aliphatic heterocycles. The molecule has 4 aromatic rings. The van der Waals surface area contributed by atoms with Crippen LogP contribution in [0, 0.1) is 17.8 Å². The van der Waals surface area contributed by atoms with Gasteiger partial charge >= 0.3 is 0 Å². The van der Waals surface area contributed by atoms with Crippen molar-refractivity contribution in [2.24, 2.45) is 13.0 Å². The number of amides is 3. The van der Waals surface area contributed by atoms with E-state index in [1.165, 1.54) is 0 Å². The number of carbonyl (C=O) groups is 3. The molecule has 0 radical (unpaired) electrons. The molecule has 4 aliphatic rings. The molecular formula is C41H41N5O6. The molecule has 11 heteroatoms. The number of rotatable bonds is 7. The van der Waals surface area contributed by atoms with Crippen molar-refractivity contribution in [1.29, 1.82) is 0 Å². The van der Waals surface area contributed by atoms with E-state index >= 15 is 0 Å². The predicted molar refractivity (Wildman–Crippen MR) is 195 cm³/mol. The van der Waals surface area contributed by atoms with E-state index in [-0.39, 0.29) is 29.7 Å². The number of methoxy groups -OCH3 is 2. The molecule has 8 rings (SSSR count). The van der Waals surface area contributed by atoms with Crippen LogP contribution in [0.15, 0.2) is 53.6 Å². The van der Waals surface area contributed by atoms with Gasteiger partial charge in [0.15, 0.2) is 0 Å². The predicted octanol–water partition coefficient (Wildman–Crippen LogP) is 4.52. The minimum atomic E-state index is -0.631. The number of hydrogen-bond acceptors (Lipinski definition) is 8. The van der Waals surface area contributed by atoms with Gasteiger partial charge in [0.25, 0.3) is 11.5 Å². The molecule has 5 heterocycles. The maximum absolute atomic E-state index is 13.2. The Hall–Kier alpha value is -5.47. The van der Waals surface area contributed by atoms with Crippen molar-refractivity contribution >= 4 is 28.5 Å². The lowest BCUT2D eigenvalue weighted by molar-refractivity contribution is -0.136. The van der Waals surface area contributed by atoms with Crippen LogP contribution in [0.3, 0.4) is 0 Å². The molecule has 1 atom stereocenters. The molecule has 2 aromatic carbocycles. The summed E-state index contributed by atoms with van der Waals surface area (Å²) in [4.78, 5) is 58.8. The van der Waals surface area contributed by atoms with Crippen molar-refractivity contribution < 1.29 is 23.9 Å². The lowest BCUT2D eigenvalue weighted by Gasteiger charge is -2.30. The average molecular weight is 700 g/mol. The average Bonchev–Trinajstić information content (AvgIpc) is 3.96. The van der Waals surface area contributed by atoms with Gasteiger partial charge in [-0.05, 0) is 92.0 Å². The lowest BCUT2D eigenvalue weighted by atomic mass is 9.95. The Bertz CT molecular complexity index is 2230. The Balaban J connectivity index is 0.955. The van der Waals surface area contributed by atoms with E-state index in [9.17, 15) is 19.2 Å². The fourth-order valence-electron chi connectivity index (χ4n) is 7.78. The number of imide groups is 1. The maximum Gasteiger partial charge on any atom is 0.259 e. The first-order chi connectivity index (χ1) is 25.2. The number of hydrogen-bond donors (Lipinski definition) is 1. The fraction of sp³-hybridized carbons (Fsp3) is 0.390. The highest BCUT2D eigenvalue weighted by atomic mass is 16.5. The Morgan fingerprint density at radius 3 is 2.35 bits per heavy atom. The van der Waals surface area contributed by atoms with Gasteiger partial charge in [-0.2, -0.15) is 0 Å². The Labute approximate surface area is 301 Å². The van der Waals surface area contributed by atoms with E-state index in [1.54, 1.807) is 36.9 Å².